The van der Waals surface area contributed by atoms with Crippen molar-refractivity contribution >= 4 is 22.3 Å². The highest BCUT2D eigenvalue weighted by molar-refractivity contribution is 6.22. The molecule has 0 aliphatic heterocycles. The summed E-state index contributed by atoms with van der Waals surface area (Å²) in [6.07, 6.45) is 3.59. The fraction of sp³-hybridized carbons (Fsp3) is 0.0714. The summed E-state index contributed by atoms with van der Waals surface area (Å²) < 4.78 is 10.9. The van der Waals surface area contributed by atoms with E-state index in [1.54, 1.807) is 20.4 Å². The average Bonchev–Trinajstić information content (AvgIpc) is 3.22. The number of aromatic amines is 1. The molecular weight excluding hydrogens is 426 g/mol. The van der Waals surface area contributed by atoms with Gasteiger partial charge in [0.15, 0.2) is 17.4 Å². The highest BCUT2D eigenvalue weighted by Gasteiger charge is 2.21. The van der Waals surface area contributed by atoms with Crippen LogP contribution in [-0.2, 0) is 0 Å². The van der Waals surface area contributed by atoms with E-state index < -0.39 is 0 Å². The second-order valence-electron chi connectivity index (χ2n) is 7.72. The van der Waals surface area contributed by atoms with Gasteiger partial charge in [0, 0.05) is 29.4 Å². The Morgan fingerprint density at radius 2 is 1.59 bits per heavy atom. The van der Waals surface area contributed by atoms with Crippen molar-refractivity contribution in [2.75, 3.05) is 14.2 Å². The molecule has 5 rings (SSSR count). The van der Waals surface area contributed by atoms with Crippen LogP contribution in [0.15, 0.2) is 96.2 Å². The number of fused-ring (bicyclic) bond motifs is 1. The predicted octanol–water partition coefficient (Wildman–Crippen LogP) is 6.12. The van der Waals surface area contributed by atoms with Crippen LogP contribution in [0.1, 0.15) is 11.1 Å². The maximum Gasteiger partial charge on any atom is 0.199 e. The molecule has 6 heteroatoms. The van der Waals surface area contributed by atoms with Crippen LogP contribution in [0.25, 0.3) is 22.0 Å². The van der Waals surface area contributed by atoms with Gasteiger partial charge in [-0.05, 0) is 35.4 Å². The first kappa shape index (κ1) is 21.3. The molecule has 0 radical (unpaired) electrons. The molecule has 2 heterocycles. The summed E-state index contributed by atoms with van der Waals surface area (Å²) in [7, 11) is 3.17. The summed E-state index contributed by atoms with van der Waals surface area (Å²) in [5, 5.41) is 11.7. The van der Waals surface area contributed by atoms with E-state index in [0.717, 1.165) is 33.3 Å². The number of hydrogen-bond donors (Lipinski definition) is 2. The van der Waals surface area contributed by atoms with Gasteiger partial charge >= 0.3 is 0 Å². The van der Waals surface area contributed by atoms with Crippen LogP contribution in [0.5, 0.6) is 17.4 Å². The highest BCUT2D eigenvalue weighted by atomic mass is 16.5. The fourth-order valence-electron chi connectivity index (χ4n) is 4.00. The summed E-state index contributed by atoms with van der Waals surface area (Å²) in [5.74, 6) is 1.18. The molecule has 0 aliphatic carbocycles. The minimum atomic E-state index is 0.0277. The van der Waals surface area contributed by atoms with Crippen molar-refractivity contribution in [3.8, 4) is 28.5 Å². The Morgan fingerprint density at radius 3 is 2.26 bits per heavy atom. The van der Waals surface area contributed by atoms with Gasteiger partial charge in [0.2, 0.25) is 0 Å². The van der Waals surface area contributed by atoms with Crippen molar-refractivity contribution in [1.29, 1.82) is 0 Å². The van der Waals surface area contributed by atoms with Gasteiger partial charge < -0.3 is 19.6 Å². The normalized spacial score (nSPS) is 11.5. The Kier molecular flexibility index (Phi) is 5.70. The van der Waals surface area contributed by atoms with E-state index in [-0.39, 0.29) is 5.88 Å². The topological polar surface area (TPSA) is 79.7 Å². The van der Waals surface area contributed by atoms with Gasteiger partial charge in [-0.25, -0.2) is 4.99 Å². The quantitative estimate of drug-likeness (QED) is 0.306. The molecule has 0 saturated carbocycles. The lowest BCUT2D eigenvalue weighted by molar-refractivity contribution is 0.356. The van der Waals surface area contributed by atoms with E-state index in [4.69, 9.17) is 14.5 Å². The molecule has 0 spiro atoms. The first-order chi connectivity index (χ1) is 16.7. The van der Waals surface area contributed by atoms with E-state index in [2.05, 4.69) is 9.97 Å². The molecule has 5 aromatic rings. The van der Waals surface area contributed by atoms with Crippen molar-refractivity contribution in [2.45, 2.75) is 0 Å². The van der Waals surface area contributed by atoms with Crippen LogP contribution in [0.4, 0.5) is 5.69 Å². The van der Waals surface area contributed by atoms with Crippen molar-refractivity contribution in [2.24, 2.45) is 4.99 Å². The maximum absolute atomic E-state index is 10.9. The Bertz CT molecular complexity index is 1460. The van der Waals surface area contributed by atoms with Gasteiger partial charge in [0.1, 0.15) is 0 Å². The number of benzene rings is 3. The number of ether oxygens (including phenoxy) is 2. The van der Waals surface area contributed by atoms with Crippen molar-refractivity contribution in [3.63, 3.8) is 0 Å². The molecule has 0 unspecified atom stereocenters. The SMILES string of the molecule is COc1cc2[nH]c(O)c(C(=Nc3ccc(-c4cccnc4)cc3)c3ccccc3)c2cc1OC. The molecule has 0 bridgehead atoms. The molecule has 2 N–H and O–H groups in total. The molecule has 2 aromatic heterocycles. The predicted molar refractivity (Wildman–Crippen MR) is 134 cm³/mol. The summed E-state index contributed by atoms with van der Waals surface area (Å²) in [5.41, 5.74) is 5.70. The van der Waals surface area contributed by atoms with Crippen LogP contribution < -0.4 is 9.47 Å². The molecule has 6 nitrogen and oxygen atoms in total. The highest BCUT2D eigenvalue weighted by Crippen LogP contribution is 2.38. The third kappa shape index (κ3) is 3.97. The molecule has 3 aromatic carbocycles. The Morgan fingerprint density at radius 1 is 0.853 bits per heavy atom. The molecule has 0 fully saturated rings. The molecular formula is C28H23N3O3. The number of aromatic nitrogens is 2. The molecule has 0 aliphatic rings. The van der Waals surface area contributed by atoms with Gasteiger partial charge in [-0.3, -0.25) is 4.98 Å². The van der Waals surface area contributed by atoms with Gasteiger partial charge in [0.05, 0.1) is 36.7 Å². The van der Waals surface area contributed by atoms with Gasteiger partial charge in [-0.1, -0.05) is 48.5 Å². The largest absolute Gasteiger partial charge is 0.494 e. The molecule has 34 heavy (non-hydrogen) atoms. The van der Waals surface area contributed by atoms with Gasteiger partial charge in [-0.2, -0.15) is 0 Å². The summed E-state index contributed by atoms with van der Waals surface area (Å²) in [4.78, 5) is 12.2. The number of pyridine rings is 1. The Hall–Kier alpha value is -4.58. The van der Waals surface area contributed by atoms with Gasteiger partial charge in [-0.15, -0.1) is 0 Å². The minimum Gasteiger partial charge on any atom is -0.494 e. The monoisotopic (exact) mass is 449 g/mol. The van der Waals surface area contributed by atoms with E-state index >= 15 is 0 Å². The third-order valence-corrected chi connectivity index (χ3v) is 5.67. The zero-order chi connectivity index (χ0) is 23.5. The summed E-state index contributed by atoms with van der Waals surface area (Å²) in [6.45, 7) is 0. The minimum absolute atomic E-state index is 0.0277. The lowest BCUT2D eigenvalue weighted by Crippen LogP contribution is -2.03. The van der Waals surface area contributed by atoms with Crippen LogP contribution in [-0.4, -0.2) is 35.0 Å². The van der Waals surface area contributed by atoms with E-state index in [0.29, 0.717) is 22.8 Å². The number of methoxy groups -OCH3 is 2. The van der Waals surface area contributed by atoms with Gasteiger partial charge in [0.25, 0.3) is 0 Å². The van der Waals surface area contributed by atoms with E-state index in [1.165, 1.54) is 0 Å². The second-order valence-corrected chi connectivity index (χ2v) is 7.72. The second kappa shape index (κ2) is 9.11. The standard InChI is InChI=1S/C28H23N3O3/c1-33-24-15-22-23(16-25(24)34-2)31-28(32)26(22)27(19-7-4-3-5-8-19)30-21-12-10-18(11-13-21)20-9-6-14-29-17-20/h3-17,31-32H,1-2H3. The molecule has 0 saturated heterocycles. The number of H-pyrrole nitrogens is 1. The summed E-state index contributed by atoms with van der Waals surface area (Å²) >= 11 is 0. The first-order valence-corrected chi connectivity index (χ1v) is 10.8. The Labute approximate surface area is 197 Å². The van der Waals surface area contributed by atoms with Crippen LogP contribution in [0.2, 0.25) is 0 Å². The van der Waals surface area contributed by atoms with Crippen LogP contribution in [0.3, 0.4) is 0 Å². The number of rotatable bonds is 6. The number of hydrogen-bond acceptors (Lipinski definition) is 5. The number of aliphatic imine (C=N–C) groups is 1. The number of aromatic hydroxyl groups is 1. The van der Waals surface area contributed by atoms with Crippen molar-refractivity contribution in [3.05, 3.63) is 102 Å². The Balaban J connectivity index is 1.67. The zero-order valence-corrected chi connectivity index (χ0v) is 18.8. The van der Waals surface area contributed by atoms with E-state index in [1.807, 2.05) is 85.1 Å². The smallest absolute Gasteiger partial charge is 0.199 e. The molecule has 0 amide bonds. The third-order valence-electron chi connectivity index (χ3n) is 5.67. The van der Waals surface area contributed by atoms with Crippen molar-refractivity contribution < 1.29 is 14.6 Å². The fourth-order valence-corrected chi connectivity index (χ4v) is 4.00. The number of nitrogens with one attached hydrogen (secondary N) is 1. The first-order valence-electron chi connectivity index (χ1n) is 10.8. The lowest BCUT2D eigenvalue weighted by Gasteiger charge is -2.10. The zero-order valence-electron chi connectivity index (χ0n) is 18.8. The molecule has 0 atom stereocenters. The van der Waals surface area contributed by atoms with Crippen LogP contribution in [0, 0.1) is 0 Å². The molecule has 168 valence electrons. The van der Waals surface area contributed by atoms with Crippen molar-refractivity contribution in [1.82, 2.24) is 9.97 Å². The summed E-state index contributed by atoms with van der Waals surface area (Å²) in [6, 6.07) is 25.3. The van der Waals surface area contributed by atoms with E-state index in [9.17, 15) is 5.11 Å². The van der Waals surface area contributed by atoms with Crippen LogP contribution >= 0.6 is 0 Å². The maximum atomic E-state index is 10.9. The number of nitrogens with zero attached hydrogens (tertiary/aromatic N) is 2. The average molecular weight is 450 g/mol. The lowest BCUT2D eigenvalue weighted by atomic mass is 10.0.